The third kappa shape index (κ3) is 2.75. The number of imidazole rings is 1. The standard InChI is InChI=1S/C15H25N3O2/c1-2-14-11(4-6-20-14)8-18-10-17-7-13(18)15(16)12-3-5-19-9-12/h7,10-12,14-15H,2-6,8-9,16H2,1H3. The fraction of sp³-hybridized carbons (Fsp3) is 0.800. The Morgan fingerprint density at radius 1 is 1.45 bits per heavy atom. The van der Waals surface area contributed by atoms with Crippen molar-refractivity contribution in [1.82, 2.24) is 9.55 Å². The molecule has 5 nitrogen and oxygen atoms in total. The van der Waals surface area contributed by atoms with Crippen molar-refractivity contribution < 1.29 is 9.47 Å². The molecule has 5 heteroatoms. The molecule has 0 aromatic carbocycles. The average Bonchev–Trinajstić information content (AvgIpc) is 3.20. The van der Waals surface area contributed by atoms with E-state index in [2.05, 4.69) is 16.5 Å². The molecule has 0 saturated carbocycles. The quantitative estimate of drug-likeness (QED) is 0.891. The van der Waals surface area contributed by atoms with E-state index in [0.29, 0.717) is 17.9 Å². The minimum absolute atomic E-state index is 0.0300. The minimum atomic E-state index is 0.0300. The fourth-order valence-electron chi connectivity index (χ4n) is 3.44. The van der Waals surface area contributed by atoms with Gasteiger partial charge in [0.05, 0.1) is 30.8 Å². The largest absolute Gasteiger partial charge is 0.381 e. The summed E-state index contributed by atoms with van der Waals surface area (Å²) in [5.74, 6) is 1.01. The van der Waals surface area contributed by atoms with E-state index in [1.807, 2.05) is 12.5 Å². The zero-order valence-electron chi connectivity index (χ0n) is 12.2. The molecular formula is C15H25N3O2. The second-order valence-corrected chi connectivity index (χ2v) is 5.99. The molecule has 4 unspecified atom stereocenters. The summed E-state index contributed by atoms with van der Waals surface area (Å²) in [6.45, 7) is 5.65. The van der Waals surface area contributed by atoms with Gasteiger partial charge in [0.2, 0.25) is 0 Å². The number of rotatable bonds is 5. The van der Waals surface area contributed by atoms with Crippen LogP contribution in [0.4, 0.5) is 0 Å². The Hall–Kier alpha value is -0.910. The molecule has 1 aromatic heterocycles. The monoisotopic (exact) mass is 279 g/mol. The molecule has 2 N–H and O–H groups in total. The molecular weight excluding hydrogens is 254 g/mol. The van der Waals surface area contributed by atoms with Crippen LogP contribution in [0.25, 0.3) is 0 Å². The average molecular weight is 279 g/mol. The summed E-state index contributed by atoms with van der Waals surface area (Å²) in [6.07, 6.45) is 7.48. The van der Waals surface area contributed by atoms with Gasteiger partial charge in [-0.05, 0) is 19.3 Å². The predicted octanol–water partition coefficient (Wildman–Crippen LogP) is 1.73. The third-order valence-electron chi connectivity index (χ3n) is 4.74. The molecule has 0 aliphatic carbocycles. The van der Waals surface area contributed by atoms with Crippen LogP contribution in [0.3, 0.4) is 0 Å². The summed E-state index contributed by atoms with van der Waals surface area (Å²) < 4.78 is 13.5. The molecule has 0 radical (unpaired) electrons. The van der Waals surface area contributed by atoms with Crippen LogP contribution >= 0.6 is 0 Å². The van der Waals surface area contributed by atoms with Crippen molar-refractivity contribution in [2.75, 3.05) is 19.8 Å². The van der Waals surface area contributed by atoms with Crippen LogP contribution in [0.15, 0.2) is 12.5 Å². The molecule has 0 amide bonds. The van der Waals surface area contributed by atoms with Gasteiger partial charge in [-0.3, -0.25) is 0 Å². The molecule has 0 spiro atoms. The lowest BCUT2D eigenvalue weighted by molar-refractivity contribution is 0.0831. The summed E-state index contributed by atoms with van der Waals surface area (Å²) in [4.78, 5) is 4.31. The van der Waals surface area contributed by atoms with E-state index in [1.54, 1.807) is 0 Å². The lowest BCUT2D eigenvalue weighted by atomic mass is 9.96. The highest BCUT2D eigenvalue weighted by atomic mass is 16.5. The van der Waals surface area contributed by atoms with E-state index < -0.39 is 0 Å². The van der Waals surface area contributed by atoms with Crippen LogP contribution in [0.1, 0.15) is 37.9 Å². The van der Waals surface area contributed by atoms with Gasteiger partial charge in [0, 0.05) is 37.8 Å². The highest BCUT2D eigenvalue weighted by Crippen LogP contribution is 2.29. The van der Waals surface area contributed by atoms with Crippen molar-refractivity contribution >= 4 is 0 Å². The Kier molecular flexibility index (Phi) is 4.38. The first-order valence-corrected chi connectivity index (χ1v) is 7.74. The Morgan fingerprint density at radius 3 is 3.10 bits per heavy atom. The van der Waals surface area contributed by atoms with Crippen LogP contribution < -0.4 is 5.73 Å². The molecule has 4 atom stereocenters. The Labute approximate surface area is 120 Å². The predicted molar refractivity (Wildman–Crippen MR) is 76.2 cm³/mol. The first-order valence-electron chi connectivity index (χ1n) is 7.74. The van der Waals surface area contributed by atoms with Crippen molar-refractivity contribution in [2.24, 2.45) is 17.6 Å². The lowest BCUT2D eigenvalue weighted by Gasteiger charge is -2.22. The van der Waals surface area contributed by atoms with Gasteiger partial charge in [0.25, 0.3) is 0 Å². The maximum absolute atomic E-state index is 6.41. The van der Waals surface area contributed by atoms with Gasteiger partial charge in [0.15, 0.2) is 0 Å². The van der Waals surface area contributed by atoms with Gasteiger partial charge in [-0.2, -0.15) is 0 Å². The molecule has 2 aliphatic heterocycles. The fourth-order valence-corrected chi connectivity index (χ4v) is 3.44. The van der Waals surface area contributed by atoms with Crippen molar-refractivity contribution in [3.63, 3.8) is 0 Å². The number of nitrogens with zero attached hydrogens (tertiary/aromatic N) is 2. The number of aromatic nitrogens is 2. The Bertz CT molecular complexity index is 429. The Morgan fingerprint density at radius 2 is 2.35 bits per heavy atom. The summed E-state index contributed by atoms with van der Waals surface area (Å²) in [7, 11) is 0. The van der Waals surface area contributed by atoms with Crippen molar-refractivity contribution in [3.05, 3.63) is 18.2 Å². The van der Waals surface area contributed by atoms with Gasteiger partial charge >= 0.3 is 0 Å². The normalized spacial score (nSPS) is 31.8. The number of hydrogen-bond acceptors (Lipinski definition) is 4. The second-order valence-electron chi connectivity index (χ2n) is 5.99. The van der Waals surface area contributed by atoms with E-state index in [0.717, 1.165) is 51.3 Å². The second kappa shape index (κ2) is 6.24. The van der Waals surface area contributed by atoms with E-state index in [-0.39, 0.29) is 6.04 Å². The molecule has 2 fully saturated rings. The van der Waals surface area contributed by atoms with Crippen molar-refractivity contribution in [3.8, 4) is 0 Å². The van der Waals surface area contributed by atoms with Crippen LogP contribution in [-0.2, 0) is 16.0 Å². The van der Waals surface area contributed by atoms with Gasteiger partial charge < -0.3 is 19.8 Å². The maximum Gasteiger partial charge on any atom is 0.0948 e. The summed E-state index contributed by atoms with van der Waals surface area (Å²) in [5, 5.41) is 0. The van der Waals surface area contributed by atoms with E-state index in [9.17, 15) is 0 Å². The van der Waals surface area contributed by atoms with Crippen molar-refractivity contribution in [2.45, 2.75) is 44.9 Å². The molecule has 2 aliphatic rings. The smallest absolute Gasteiger partial charge is 0.0948 e. The molecule has 2 saturated heterocycles. The highest BCUT2D eigenvalue weighted by Gasteiger charge is 2.30. The lowest BCUT2D eigenvalue weighted by Crippen LogP contribution is -2.27. The minimum Gasteiger partial charge on any atom is -0.381 e. The van der Waals surface area contributed by atoms with E-state index in [4.69, 9.17) is 15.2 Å². The van der Waals surface area contributed by atoms with Crippen LogP contribution in [0.5, 0.6) is 0 Å². The topological polar surface area (TPSA) is 62.3 Å². The number of ether oxygens (including phenoxy) is 2. The number of nitrogens with two attached hydrogens (primary N) is 1. The zero-order valence-corrected chi connectivity index (χ0v) is 12.2. The third-order valence-corrected chi connectivity index (χ3v) is 4.74. The molecule has 3 rings (SSSR count). The molecule has 20 heavy (non-hydrogen) atoms. The first-order chi connectivity index (χ1) is 9.79. The van der Waals surface area contributed by atoms with Gasteiger partial charge in [-0.15, -0.1) is 0 Å². The van der Waals surface area contributed by atoms with Gasteiger partial charge in [-0.25, -0.2) is 4.98 Å². The van der Waals surface area contributed by atoms with Gasteiger partial charge in [0.1, 0.15) is 0 Å². The summed E-state index contributed by atoms with van der Waals surface area (Å²) in [6, 6.07) is 0.0300. The summed E-state index contributed by atoms with van der Waals surface area (Å²) >= 11 is 0. The van der Waals surface area contributed by atoms with Gasteiger partial charge in [-0.1, -0.05) is 6.92 Å². The van der Waals surface area contributed by atoms with Crippen LogP contribution in [-0.4, -0.2) is 35.5 Å². The molecule has 112 valence electrons. The molecule has 1 aromatic rings. The highest BCUT2D eigenvalue weighted by molar-refractivity contribution is 5.07. The molecule has 3 heterocycles. The SMILES string of the molecule is CCC1OCCC1Cn1cncc1C(N)C1CCOC1. The zero-order chi connectivity index (χ0) is 13.9. The van der Waals surface area contributed by atoms with E-state index >= 15 is 0 Å². The first kappa shape index (κ1) is 14.0. The summed E-state index contributed by atoms with van der Waals surface area (Å²) in [5.41, 5.74) is 7.56. The maximum atomic E-state index is 6.41. The molecule has 0 bridgehead atoms. The Balaban J connectivity index is 1.69. The van der Waals surface area contributed by atoms with Crippen molar-refractivity contribution in [1.29, 1.82) is 0 Å². The van der Waals surface area contributed by atoms with E-state index in [1.165, 1.54) is 0 Å². The van der Waals surface area contributed by atoms with Crippen LogP contribution in [0, 0.1) is 11.8 Å². The number of hydrogen-bond donors (Lipinski definition) is 1. The van der Waals surface area contributed by atoms with Crippen LogP contribution in [0.2, 0.25) is 0 Å².